The first-order valence-corrected chi connectivity index (χ1v) is 9.67. The molecule has 1 saturated heterocycles. The molecule has 0 aliphatic carbocycles. The van der Waals surface area contributed by atoms with Gasteiger partial charge in [0.25, 0.3) is 0 Å². The van der Waals surface area contributed by atoms with Crippen molar-refractivity contribution >= 4 is 29.9 Å². The topological polar surface area (TPSA) is 87.3 Å². The summed E-state index contributed by atoms with van der Waals surface area (Å²) in [5, 5.41) is 3.17. The van der Waals surface area contributed by atoms with Crippen LogP contribution in [0.1, 0.15) is 23.1 Å². The highest BCUT2D eigenvalue weighted by Crippen LogP contribution is 2.28. The predicted molar refractivity (Wildman–Crippen MR) is 128 cm³/mol. The normalized spacial score (nSPS) is 16.0. The second-order valence-electron chi connectivity index (χ2n) is 6.96. The first kappa shape index (κ1) is 24.1. The van der Waals surface area contributed by atoms with Gasteiger partial charge in [0.2, 0.25) is 0 Å². The SMILES string of the molecule is COc1ccc(CN=C(N)NCc2ccc(C)cc2OC2CCOC2)cc1OC.I. The average molecular weight is 527 g/mol. The number of aliphatic imine (C=N–C) groups is 1. The van der Waals surface area contributed by atoms with Crippen LogP contribution in [0.25, 0.3) is 0 Å². The van der Waals surface area contributed by atoms with Crippen LogP contribution in [-0.2, 0) is 17.8 Å². The minimum Gasteiger partial charge on any atom is -0.493 e. The van der Waals surface area contributed by atoms with Gasteiger partial charge in [0, 0.05) is 18.5 Å². The molecule has 1 aliphatic rings. The highest BCUT2D eigenvalue weighted by Gasteiger charge is 2.18. The van der Waals surface area contributed by atoms with Crippen LogP contribution in [0.3, 0.4) is 0 Å². The lowest BCUT2D eigenvalue weighted by Crippen LogP contribution is -2.31. The predicted octanol–water partition coefficient (Wildman–Crippen LogP) is 3.40. The molecule has 0 aromatic heterocycles. The summed E-state index contributed by atoms with van der Waals surface area (Å²) in [6.45, 7) is 4.41. The number of ether oxygens (including phenoxy) is 4. The molecule has 1 atom stereocenters. The minimum atomic E-state index is 0. The van der Waals surface area contributed by atoms with Crippen LogP contribution >= 0.6 is 24.0 Å². The molecule has 0 radical (unpaired) electrons. The summed E-state index contributed by atoms with van der Waals surface area (Å²) in [6, 6.07) is 11.8. The number of hydrogen-bond acceptors (Lipinski definition) is 5. The van der Waals surface area contributed by atoms with E-state index in [0.717, 1.165) is 35.5 Å². The summed E-state index contributed by atoms with van der Waals surface area (Å²) < 4.78 is 22.1. The Morgan fingerprint density at radius 3 is 2.63 bits per heavy atom. The van der Waals surface area contributed by atoms with Gasteiger partial charge in [0.1, 0.15) is 11.9 Å². The first-order chi connectivity index (χ1) is 14.1. The molecule has 0 spiro atoms. The van der Waals surface area contributed by atoms with Crippen LogP contribution in [0, 0.1) is 6.92 Å². The van der Waals surface area contributed by atoms with E-state index in [1.807, 2.05) is 31.2 Å². The van der Waals surface area contributed by atoms with Crippen molar-refractivity contribution in [3.05, 3.63) is 53.1 Å². The van der Waals surface area contributed by atoms with Gasteiger partial charge < -0.3 is 30.0 Å². The Bertz CT molecular complexity index is 854. The molecule has 3 rings (SSSR count). The van der Waals surface area contributed by atoms with E-state index in [-0.39, 0.29) is 30.1 Å². The first-order valence-electron chi connectivity index (χ1n) is 9.67. The number of nitrogens with one attached hydrogen (secondary N) is 1. The van der Waals surface area contributed by atoms with E-state index in [0.29, 0.717) is 37.2 Å². The maximum atomic E-state index is 6.12. The largest absolute Gasteiger partial charge is 0.493 e. The van der Waals surface area contributed by atoms with E-state index in [1.165, 1.54) is 0 Å². The number of methoxy groups -OCH3 is 2. The maximum Gasteiger partial charge on any atom is 0.189 e. The van der Waals surface area contributed by atoms with Crippen molar-refractivity contribution in [3.8, 4) is 17.2 Å². The molecule has 1 aliphatic heterocycles. The average Bonchev–Trinajstić information content (AvgIpc) is 3.24. The van der Waals surface area contributed by atoms with Crippen LogP contribution in [0.15, 0.2) is 41.4 Å². The second kappa shape index (κ2) is 11.8. The van der Waals surface area contributed by atoms with E-state index >= 15 is 0 Å². The van der Waals surface area contributed by atoms with E-state index in [4.69, 9.17) is 24.7 Å². The molecule has 2 aromatic carbocycles. The van der Waals surface area contributed by atoms with E-state index < -0.39 is 0 Å². The fraction of sp³-hybridized carbons (Fsp3) is 0.409. The lowest BCUT2D eigenvalue weighted by Gasteiger charge is -2.17. The molecule has 1 heterocycles. The molecule has 1 unspecified atom stereocenters. The van der Waals surface area contributed by atoms with Crippen molar-refractivity contribution in [2.24, 2.45) is 10.7 Å². The molecule has 1 fully saturated rings. The van der Waals surface area contributed by atoms with Crippen molar-refractivity contribution in [1.29, 1.82) is 0 Å². The van der Waals surface area contributed by atoms with E-state index in [2.05, 4.69) is 22.4 Å². The summed E-state index contributed by atoms with van der Waals surface area (Å²) in [5.74, 6) is 2.59. The summed E-state index contributed by atoms with van der Waals surface area (Å²) in [5.41, 5.74) is 9.23. The minimum absolute atomic E-state index is 0. The lowest BCUT2D eigenvalue weighted by molar-refractivity contribution is 0.140. The number of hydrogen-bond donors (Lipinski definition) is 2. The number of benzene rings is 2. The van der Waals surface area contributed by atoms with Crippen molar-refractivity contribution in [3.63, 3.8) is 0 Å². The Labute approximate surface area is 195 Å². The van der Waals surface area contributed by atoms with Crippen LogP contribution in [0.5, 0.6) is 17.2 Å². The highest BCUT2D eigenvalue weighted by atomic mass is 127. The molecule has 0 saturated carbocycles. The molecular formula is C22H30IN3O4. The molecule has 30 heavy (non-hydrogen) atoms. The zero-order valence-electron chi connectivity index (χ0n) is 17.6. The third kappa shape index (κ3) is 6.66. The molecule has 0 bridgehead atoms. The van der Waals surface area contributed by atoms with Crippen molar-refractivity contribution in [2.75, 3.05) is 27.4 Å². The van der Waals surface area contributed by atoms with Gasteiger partial charge in [0.15, 0.2) is 17.5 Å². The number of rotatable bonds is 8. The molecule has 8 heteroatoms. The van der Waals surface area contributed by atoms with E-state index in [1.54, 1.807) is 14.2 Å². The monoisotopic (exact) mass is 527 g/mol. The number of aryl methyl sites for hydroxylation is 1. The summed E-state index contributed by atoms with van der Waals surface area (Å²) in [6.07, 6.45) is 1.02. The Kier molecular flexibility index (Phi) is 9.51. The molecule has 7 nitrogen and oxygen atoms in total. The summed E-state index contributed by atoms with van der Waals surface area (Å²) in [4.78, 5) is 4.42. The van der Waals surface area contributed by atoms with Crippen molar-refractivity contribution in [1.82, 2.24) is 5.32 Å². The van der Waals surface area contributed by atoms with Crippen molar-refractivity contribution in [2.45, 2.75) is 32.5 Å². The third-order valence-electron chi connectivity index (χ3n) is 4.74. The molecular weight excluding hydrogens is 497 g/mol. The van der Waals surface area contributed by atoms with Gasteiger partial charge in [-0.25, -0.2) is 4.99 Å². The molecule has 0 amide bonds. The van der Waals surface area contributed by atoms with Gasteiger partial charge in [-0.3, -0.25) is 0 Å². The zero-order chi connectivity index (χ0) is 20.6. The van der Waals surface area contributed by atoms with Gasteiger partial charge in [-0.05, 0) is 36.2 Å². The number of guanidine groups is 1. The second-order valence-corrected chi connectivity index (χ2v) is 6.96. The van der Waals surface area contributed by atoms with Gasteiger partial charge in [0.05, 0.1) is 34.0 Å². The summed E-state index contributed by atoms with van der Waals surface area (Å²) in [7, 11) is 3.22. The highest BCUT2D eigenvalue weighted by molar-refractivity contribution is 14.0. The van der Waals surface area contributed by atoms with Gasteiger partial charge >= 0.3 is 0 Å². The van der Waals surface area contributed by atoms with Crippen LogP contribution < -0.4 is 25.3 Å². The van der Waals surface area contributed by atoms with E-state index in [9.17, 15) is 0 Å². The maximum absolute atomic E-state index is 6.12. The quantitative estimate of drug-likeness (QED) is 0.311. The Morgan fingerprint density at radius 2 is 1.93 bits per heavy atom. The number of nitrogens with zero attached hydrogens (tertiary/aromatic N) is 1. The van der Waals surface area contributed by atoms with Gasteiger partial charge in [-0.15, -0.1) is 24.0 Å². The Hall–Kier alpha value is -2.20. The molecule has 2 aromatic rings. The van der Waals surface area contributed by atoms with Crippen molar-refractivity contribution < 1.29 is 18.9 Å². The standard InChI is InChI=1S/C22H29N3O4.HI/c1-15-4-6-17(20(10-15)29-18-8-9-28-14-18)13-25-22(23)24-12-16-5-7-19(26-2)21(11-16)27-3;/h4-7,10-11,18H,8-9,12-14H2,1-3H3,(H3,23,24,25);1H. The van der Waals surface area contributed by atoms with Crippen LogP contribution in [0.2, 0.25) is 0 Å². The Morgan fingerprint density at radius 1 is 1.13 bits per heavy atom. The lowest BCUT2D eigenvalue weighted by atomic mass is 10.1. The molecule has 3 N–H and O–H groups in total. The van der Waals surface area contributed by atoms with Crippen LogP contribution in [-0.4, -0.2) is 39.5 Å². The van der Waals surface area contributed by atoms with Crippen LogP contribution in [0.4, 0.5) is 0 Å². The number of nitrogens with two attached hydrogens (primary N) is 1. The fourth-order valence-corrected chi connectivity index (χ4v) is 3.10. The fourth-order valence-electron chi connectivity index (χ4n) is 3.10. The third-order valence-corrected chi connectivity index (χ3v) is 4.74. The van der Waals surface area contributed by atoms with Gasteiger partial charge in [-0.2, -0.15) is 0 Å². The smallest absolute Gasteiger partial charge is 0.189 e. The summed E-state index contributed by atoms with van der Waals surface area (Å²) >= 11 is 0. The zero-order valence-corrected chi connectivity index (χ0v) is 20.0. The Balaban J connectivity index is 0.00000320. The molecule has 164 valence electrons. The number of halogens is 1. The van der Waals surface area contributed by atoms with Gasteiger partial charge in [-0.1, -0.05) is 18.2 Å².